The maximum Gasteiger partial charge on any atom is 0.264 e. The lowest BCUT2D eigenvalue weighted by atomic mass is 10.1. The fourth-order valence-electron chi connectivity index (χ4n) is 3.45. The molecule has 0 unspecified atom stereocenters. The monoisotopic (exact) mass is 430 g/mol. The molecule has 1 N–H and O–H groups in total. The lowest BCUT2D eigenvalue weighted by molar-refractivity contribution is 0.102. The molecule has 0 saturated heterocycles. The van der Waals surface area contributed by atoms with Gasteiger partial charge < -0.3 is 5.32 Å². The van der Waals surface area contributed by atoms with Crippen molar-refractivity contribution >= 4 is 38.1 Å². The standard InChI is InChI=1S/C25H22N2O3S/c1-18-8-5-12-21(16-18)27(2)31(29,30)22-13-6-11-20(17-22)25(28)26-24-15-7-10-19-9-3-4-14-23(19)24/h3-17H,1-2H3,(H,26,28). The van der Waals surface area contributed by atoms with Gasteiger partial charge in [-0.1, -0.05) is 54.6 Å². The second-order valence-corrected chi connectivity index (χ2v) is 9.29. The molecule has 0 fully saturated rings. The van der Waals surface area contributed by atoms with Gasteiger partial charge in [0.2, 0.25) is 0 Å². The second-order valence-electron chi connectivity index (χ2n) is 7.32. The van der Waals surface area contributed by atoms with Crippen molar-refractivity contribution in [3.8, 4) is 0 Å². The molecule has 0 aromatic heterocycles. The molecule has 6 heteroatoms. The maximum absolute atomic E-state index is 13.1. The highest BCUT2D eigenvalue weighted by molar-refractivity contribution is 7.92. The van der Waals surface area contributed by atoms with Crippen LogP contribution in [0.2, 0.25) is 0 Å². The smallest absolute Gasteiger partial charge is 0.264 e. The molecule has 4 aromatic rings. The first-order valence-corrected chi connectivity index (χ1v) is 11.2. The van der Waals surface area contributed by atoms with E-state index in [1.807, 2.05) is 61.5 Å². The molecule has 0 aliphatic rings. The predicted molar refractivity (Wildman–Crippen MR) is 125 cm³/mol. The zero-order chi connectivity index (χ0) is 22.0. The summed E-state index contributed by atoms with van der Waals surface area (Å²) >= 11 is 0. The third-order valence-corrected chi connectivity index (χ3v) is 6.94. The van der Waals surface area contributed by atoms with Gasteiger partial charge in [-0.15, -0.1) is 0 Å². The van der Waals surface area contributed by atoms with Crippen LogP contribution in [0.4, 0.5) is 11.4 Å². The van der Waals surface area contributed by atoms with Crippen molar-refractivity contribution in [3.63, 3.8) is 0 Å². The zero-order valence-corrected chi connectivity index (χ0v) is 18.1. The van der Waals surface area contributed by atoms with Crippen LogP contribution in [0.1, 0.15) is 15.9 Å². The van der Waals surface area contributed by atoms with E-state index >= 15 is 0 Å². The Balaban J connectivity index is 1.64. The number of benzene rings is 4. The number of rotatable bonds is 5. The summed E-state index contributed by atoms with van der Waals surface area (Å²) in [6.07, 6.45) is 0. The van der Waals surface area contributed by atoms with E-state index in [9.17, 15) is 13.2 Å². The molecule has 1 amide bonds. The first-order chi connectivity index (χ1) is 14.9. The first kappa shape index (κ1) is 20.6. The number of hydrogen-bond donors (Lipinski definition) is 1. The molecule has 0 radical (unpaired) electrons. The van der Waals surface area contributed by atoms with Crippen molar-refractivity contribution in [2.45, 2.75) is 11.8 Å². The quantitative estimate of drug-likeness (QED) is 0.472. The Kier molecular flexibility index (Phi) is 5.48. The Bertz CT molecular complexity index is 1380. The maximum atomic E-state index is 13.1. The number of aryl methyl sites for hydroxylation is 1. The Labute approximate surface area is 182 Å². The lowest BCUT2D eigenvalue weighted by Crippen LogP contribution is -2.27. The van der Waals surface area contributed by atoms with E-state index in [0.29, 0.717) is 11.4 Å². The molecule has 0 spiro atoms. The van der Waals surface area contributed by atoms with Crippen molar-refractivity contribution < 1.29 is 13.2 Å². The van der Waals surface area contributed by atoms with E-state index in [1.165, 1.54) is 23.5 Å². The minimum Gasteiger partial charge on any atom is -0.321 e. The second kappa shape index (κ2) is 8.24. The number of nitrogens with one attached hydrogen (secondary N) is 1. The molecule has 0 saturated carbocycles. The number of hydrogen-bond acceptors (Lipinski definition) is 3. The van der Waals surface area contributed by atoms with Crippen LogP contribution in [0.15, 0.2) is 95.9 Å². The van der Waals surface area contributed by atoms with Crippen LogP contribution < -0.4 is 9.62 Å². The normalized spacial score (nSPS) is 11.3. The minimum atomic E-state index is -3.82. The molecule has 0 atom stereocenters. The van der Waals surface area contributed by atoms with Crippen LogP contribution in [0.5, 0.6) is 0 Å². The highest BCUT2D eigenvalue weighted by atomic mass is 32.2. The van der Waals surface area contributed by atoms with Crippen LogP contribution >= 0.6 is 0 Å². The van der Waals surface area contributed by atoms with Gasteiger partial charge in [0.1, 0.15) is 0 Å². The van der Waals surface area contributed by atoms with E-state index in [0.717, 1.165) is 16.3 Å². The van der Waals surface area contributed by atoms with Gasteiger partial charge >= 0.3 is 0 Å². The lowest BCUT2D eigenvalue weighted by Gasteiger charge is -2.20. The summed E-state index contributed by atoms with van der Waals surface area (Å²) in [5.74, 6) is -0.369. The number of carbonyl (C=O) groups excluding carboxylic acids is 1. The first-order valence-electron chi connectivity index (χ1n) is 9.81. The van der Waals surface area contributed by atoms with Crippen LogP contribution in [-0.4, -0.2) is 21.4 Å². The number of amides is 1. The van der Waals surface area contributed by atoms with Gasteiger partial charge in [-0.2, -0.15) is 0 Å². The molecular weight excluding hydrogens is 408 g/mol. The van der Waals surface area contributed by atoms with Gasteiger partial charge in [0.15, 0.2) is 0 Å². The van der Waals surface area contributed by atoms with Crippen molar-refractivity contribution in [2.75, 3.05) is 16.7 Å². The summed E-state index contributed by atoms with van der Waals surface area (Å²) in [4.78, 5) is 13.0. The Morgan fingerprint density at radius 2 is 1.55 bits per heavy atom. The van der Waals surface area contributed by atoms with Crippen molar-refractivity contribution in [1.29, 1.82) is 0 Å². The van der Waals surface area contributed by atoms with E-state index in [-0.39, 0.29) is 16.4 Å². The molecule has 5 nitrogen and oxygen atoms in total. The summed E-state index contributed by atoms with van der Waals surface area (Å²) in [6, 6.07) is 26.8. The van der Waals surface area contributed by atoms with Gasteiger partial charge in [0.05, 0.1) is 10.6 Å². The van der Waals surface area contributed by atoms with Gasteiger partial charge in [-0.3, -0.25) is 9.10 Å². The largest absolute Gasteiger partial charge is 0.321 e. The van der Waals surface area contributed by atoms with Crippen LogP contribution in [0.25, 0.3) is 10.8 Å². The molecule has 156 valence electrons. The number of nitrogens with zero attached hydrogens (tertiary/aromatic N) is 1. The van der Waals surface area contributed by atoms with Crippen LogP contribution in [0.3, 0.4) is 0 Å². The van der Waals surface area contributed by atoms with Crippen molar-refractivity contribution in [2.24, 2.45) is 0 Å². The summed E-state index contributed by atoms with van der Waals surface area (Å²) in [7, 11) is -2.31. The van der Waals surface area contributed by atoms with Crippen LogP contribution in [0, 0.1) is 6.92 Å². The molecule has 4 rings (SSSR count). The number of anilines is 2. The average molecular weight is 431 g/mol. The average Bonchev–Trinajstić information content (AvgIpc) is 2.79. The molecule has 4 aromatic carbocycles. The number of sulfonamides is 1. The minimum absolute atomic E-state index is 0.0575. The molecule has 0 heterocycles. The van der Waals surface area contributed by atoms with Crippen LogP contribution in [-0.2, 0) is 10.0 Å². The Morgan fingerprint density at radius 3 is 2.35 bits per heavy atom. The Morgan fingerprint density at radius 1 is 0.839 bits per heavy atom. The third kappa shape index (κ3) is 4.15. The fraction of sp³-hybridized carbons (Fsp3) is 0.0800. The van der Waals surface area contributed by atoms with E-state index < -0.39 is 10.0 Å². The summed E-state index contributed by atoms with van der Waals surface area (Å²) in [5, 5.41) is 4.83. The van der Waals surface area contributed by atoms with E-state index in [2.05, 4.69) is 5.32 Å². The van der Waals surface area contributed by atoms with Crippen molar-refractivity contribution in [1.82, 2.24) is 0 Å². The highest BCUT2D eigenvalue weighted by Crippen LogP contribution is 2.25. The van der Waals surface area contributed by atoms with Gasteiger partial charge in [-0.25, -0.2) is 8.42 Å². The summed E-state index contributed by atoms with van der Waals surface area (Å²) < 4.78 is 27.5. The molecule has 0 aliphatic heterocycles. The number of fused-ring (bicyclic) bond motifs is 1. The molecule has 0 aliphatic carbocycles. The Hall–Kier alpha value is -3.64. The summed E-state index contributed by atoms with van der Waals surface area (Å²) in [5.41, 5.74) is 2.47. The van der Waals surface area contributed by atoms with Crippen molar-refractivity contribution in [3.05, 3.63) is 102 Å². The van der Waals surface area contributed by atoms with Gasteiger partial charge in [0, 0.05) is 23.7 Å². The highest BCUT2D eigenvalue weighted by Gasteiger charge is 2.22. The fourth-order valence-corrected chi connectivity index (χ4v) is 4.68. The van der Waals surface area contributed by atoms with E-state index in [4.69, 9.17) is 0 Å². The number of carbonyl (C=O) groups is 1. The SMILES string of the molecule is Cc1cccc(N(C)S(=O)(=O)c2cccc(C(=O)Nc3cccc4ccccc34)c2)c1. The predicted octanol–water partition coefficient (Wildman–Crippen LogP) is 5.23. The topological polar surface area (TPSA) is 66.5 Å². The molecule has 31 heavy (non-hydrogen) atoms. The zero-order valence-electron chi connectivity index (χ0n) is 17.2. The molecular formula is C25H22N2O3S. The summed E-state index contributed by atoms with van der Waals surface area (Å²) in [6.45, 7) is 1.90. The van der Waals surface area contributed by atoms with Gasteiger partial charge in [0.25, 0.3) is 15.9 Å². The van der Waals surface area contributed by atoms with E-state index in [1.54, 1.807) is 24.3 Å². The third-order valence-electron chi connectivity index (χ3n) is 5.16. The van der Waals surface area contributed by atoms with Gasteiger partial charge in [-0.05, 0) is 54.3 Å². The molecule has 0 bridgehead atoms.